The van der Waals surface area contributed by atoms with Crippen molar-refractivity contribution in [3.63, 3.8) is 0 Å². The van der Waals surface area contributed by atoms with Crippen molar-refractivity contribution < 1.29 is 4.42 Å². The Kier molecular flexibility index (Phi) is 3.57. The van der Waals surface area contributed by atoms with E-state index in [1.165, 1.54) is 6.39 Å². The van der Waals surface area contributed by atoms with Crippen LogP contribution in [0.1, 0.15) is 0 Å². The van der Waals surface area contributed by atoms with E-state index < -0.39 is 0 Å². The minimum Gasteiger partial charge on any atom is -0.451 e. The van der Waals surface area contributed by atoms with Gasteiger partial charge in [0.1, 0.15) is 12.0 Å². The van der Waals surface area contributed by atoms with E-state index in [1.807, 2.05) is 48.0 Å². The van der Waals surface area contributed by atoms with Crippen LogP contribution in [-0.2, 0) is 0 Å². The molecule has 1 N–H and O–H groups in total. The number of oxazole rings is 1. The number of nitrogens with zero attached hydrogens (tertiary/aromatic N) is 3. The average Bonchev–Trinajstić information content (AvgIpc) is 3.28. The van der Waals surface area contributed by atoms with Crippen molar-refractivity contribution in [2.24, 2.45) is 0 Å². The normalized spacial score (nSPS) is 10.6. The van der Waals surface area contributed by atoms with Crippen LogP contribution in [0.25, 0.3) is 22.5 Å². The van der Waals surface area contributed by atoms with Crippen molar-refractivity contribution in [3.05, 3.63) is 66.8 Å². The van der Waals surface area contributed by atoms with E-state index in [2.05, 4.69) is 20.3 Å². The minimum atomic E-state index is 0.809. The van der Waals surface area contributed by atoms with Crippen LogP contribution in [0.5, 0.6) is 0 Å². The molecule has 23 heavy (non-hydrogen) atoms. The molecule has 0 bridgehead atoms. The van der Waals surface area contributed by atoms with Crippen molar-refractivity contribution in [1.82, 2.24) is 15.0 Å². The van der Waals surface area contributed by atoms with E-state index in [0.29, 0.717) is 0 Å². The summed E-state index contributed by atoms with van der Waals surface area (Å²) in [7, 11) is 0. The summed E-state index contributed by atoms with van der Waals surface area (Å²) < 4.78 is 5.03. The standard InChI is InChI=1S/C17H12N4OS/c1-3-12(15-9-22-11-19-15)7-14(5-1)20-17-21-16(10-23-17)13-4-2-6-18-8-13/h1-11H,(H,20,21). The Morgan fingerprint density at radius 1 is 1.04 bits per heavy atom. The van der Waals surface area contributed by atoms with E-state index in [9.17, 15) is 0 Å². The molecule has 4 aromatic rings. The molecule has 4 rings (SSSR count). The number of anilines is 2. The van der Waals surface area contributed by atoms with Gasteiger partial charge in [-0.15, -0.1) is 11.3 Å². The second-order valence-electron chi connectivity index (χ2n) is 4.86. The lowest BCUT2D eigenvalue weighted by molar-refractivity contribution is 0.558. The number of benzene rings is 1. The van der Waals surface area contributed by atoms with E-state index in [0.717, 1.165) is 33.3 Å². The van der Waals surface area contributed by atoms with E-state index in [4.69, 9.17) is 4.42 Å². The molecule has 3 heterocycles. The molecule has 0 atom stereocenters. The van der Waals surface area contributed by atoms with Gasteiger partial charge >= 0.3 is 0 Å². The maximum atomic E-state index is 5.03. The molecule has 0 amide bonds. The lowest BCUT2D eigenvalue weighted by atomic mass is 10.1. The molecule has 0 unspecified atom stereocenters. The van der Waals surface area contributed by atoms with Gasteiger partial charge in [-0.25, -0.2) is 9.97 Å². The summed E-state index contributed by atoms with van der Waals surface area (Å²) in [6, 6.07) is 11.9. The Bertz CT molecular complexity index is 903. The molecular weight excluding hydrogens is 308 g/mol. The Morgan fingerprint density at radius 3 is 2.83 bits per heavy atom. The first kappa shape index (κ1) is 13.7. The highest BCUT2D eigenvalue weighted by Gasteiger charge is 2.06. The fraction of sp³-hybridized carbons (Fsp3) is 0. The summed E-state index contributed by atoms with van der Waals surface area (Å²) in [5, 5.41) is 6.17. The van der Waals surface area contributed by atoms with Crippen LogP contribution >= 0.6 is 11.3 Å². The zero-order chi connectivity index (χ0) is 15.5. The summed E-state index contributed by atoms with van der Waals surface area (Å²) >= 11 is 1.56. The molecule has 6 heteroatoms. The smallest absolute Gasteiger partial charge is 0.187 e. The number of rotatable bonds is 4. The summed E-state index contributed by atoms with van der Waals surface area (Å²) in [4.78, 5) is 12.9. The predicted molar refractivity (Wildman–Crippen MR) is 90.6 cm³/mol. The summed E-state index contributed by atoms with van der Waals surface area (Å²) in [6.07, 6.45) is 6.62. The van der Waals surface area contributed by atoms with Gasteiger partial charge in [0.2, 0.25) is 0 Å². The van der Waals surface area contributed by atoms with Crippen molar-refractivity contribution in [2.75, 3.05) is 5.32 Å². The van der Waals surface area contributed by atoms with Crippen LogP contribution < -0.4 is 5.32 Å². The van der Waals surface area contributed by atoms with Crippen LogP contribution in [0, 0.1) is 0 Å². The molecule has 0 aliphatic heterocycles. The van der Waals surface area contributed by atoms with Crippen molar-refractivity contribution in [3.8, 4) is 22.5 Å². The van der Waals surface area contributed by atoms with E-state index in [1.54, 1.807) is 23.8 Å². The van der Waals surface area contributed by atoms with Gasteiger partial charge in [-0.05, 0) is 24.3 Å². The molecule has 0 aliphatic rings. The third-order valence-electron chi connectivity index (χ3n) is 3.30. The highest BCUT2D eigenvalue weighted by molar-refractivity contribution is 7.14. The summed E-state index contributed by atoms with van der Waals surface area (Å²) in [5.41, 5.74) is 4.68. The number of aromatic nitrogens is 3. The van der Waals surface area contributed by atoms with Crippen molar-refractivity contribution in [1.29, 1.82) is 0 Å². The second kappa shape index (κ2) is 6.02. The van der Waals surface area contributed by atoms with Gasteiger partial charge in [0.05, 0.1) is 5.69 Å². The fourth-order valence-electron chi connectivity index (χ4n) is 2.21. The number of hydrogen-bond acceptors (Lipinski definition) is 6. The molecule has 0 saturated heterocycles. The lowest BCUT2D eigenvalue weighted by Gasteiger charge is -2.04. The molecule has 3 aromatic heterocycles. The van der Waals surface area contributed by atoms with Crippen LogP contribution in [0.15, 0.2) is 71.2 Å². The molecular formula is C17H12N4OS. The SMILES string of the molecule is c1cc(Nc2nc(-c3cccnc3)cs2)cc(-c2cocn2)c1. The zero-order valence-corrected chi connectivity index (χ0v) is 12.8. The van der Waals surface area contributed by atoms with Crippen LogP contribution in [0.3, 0.4) is 0 Å². The first-order chi connectivity index (χ1) is 11.4. The number of pyridine rings is 1. The van der Waals surface area contributed by atoms with Gasteiger partial charge < -0.3 is 9.73 Å². The van der Waals surface area contributed by atoms with Crippen LogP contribution in [-0.4, -0.2) is 15.0 Å². The highest BCUT2D eigenvalue weighted by Crippen LogP contribution is 2.28. The monoisotopic (exact) mass is 320 g/mol. The van der Waals surface area contributed by atoms with Crippen molar-refractivity contribution in [2.45, 2.75) is 0 Å². The molecule has 1 aromatic carbocycles. The third-order valence-corrected chi connectivity index (χ3v) is 4.06. The second-order valence-corrected chi connectivity index (χ2v) is 5.72. The van der Waals surface area contributed by atoms with E-state index in [-0.39, 0.29) is 0 Å². The Hall–Kier alpha value is -2.99. The lowest BCUT2D eigenvalue weighted by Crippen LogP contribution is -1.90. The number of nitrogens with one attached hydrogen (secondary N) is 1. The highest BCUT2D eigenvalue weighted by atomic mass is 32.1. The molecule has 0 spiro atoms. The summed E-state index contributed by atoms with van der Waals surface area (Å²) in [6.45, 7) is 0. The summed E-state index contributed by atoms with van der Waals surface area (Å²) in [5.74, 6) is 0. The maximum Gasteiger partial charge on any atom is 0.187 e. The van der Waals surface area contributed by atoms with E-state index >= 15 is 0 Å². The number of hydrogen-bond donors (Lipinski definition) is 1. The predicted octanol–water partition coefficient (Wildman–Crippen LogP) is 4.60. The average molecular weight is 320 g/mol. The van der Waals surface area contributed by atoms with Gasteiger partial charge in [-0.2, -0.15) is 0 Å². The zero-order valence-electron chi connectivity index (χ0n) is 12.0. The van der Waals surface area contributed by atoms with Gasteiger partial charge in [0.25, 0.3) is 0 Å². The topological polar surface area (TPSA) is 63.8 Å². The molecule has 0 saturated carbocycles. The van der Waals surface area contributed by atoms with Gasteiger partial charge in [0.15, 0.2) is 11.5 Å². The first-order valence-corrected chi connectivity index (χ1v) is 7.88. The Balaban J connectivity index is 1.57. The third kappa shape index (κ3) is 2.97. The minimum absolute atomic E-state index is 0.809. The van der Waals surface area contributed by atoms with Crippen molar-refractivity contribution >= 4 is 22.2 Å². The van der Waals surface area contributed by atoms with Gasteiger partial charge in [0, 0.05) is 34.6 Å². The molecule has 0 radical (unpaired) electrons. The molecule has 0 fully saturated rings. The Morgan fingerprint density at radius 2 is 2.00 bits per heavy atom. The molecule has 0 aliphatic carbocycles. The van der Waals surface area contributed by atoms with Gasteiger partial charge in [-0.3, -0.25) is 4.98 Å². The quantitative estimate of drug-likeness (QED) is 0.595. The number of thiazole rings is 1. The van der Waals surface area contributed by atoms with Crippen LogP contribution in [0.2, 0.25) is 0 Å². The largest absolute Gasteiger partial charge is 0.451 e. The molecule has 5 nitrogen and oxygen atoms in total. The molecule has 112 valence electrons. The van der Waals surface area contributed by atoms with Crippen LogP contribution in [0.4, 0.5) is 10.8 Å². The Labute approximate surface area is 136 Å². The van der Waals surface area contributed by atoms with Gasteiger partial charge in [-0.1, -0.05) is 12.1 Å². The fourth-order valence-corrected chi connectivity index (χ4v) is 2.95. The maximum absolute atomic E-state index is 5.03. The first-order valence-electron chi connectivity index (χ1n) is 7.00.